The Hall–Kier alpha value is -0.880. The summed E-state index contributed by atoms with van der Waals surface area (Å²) in [6.45, 7) is 0.473. The summed E-state index contributed by atoms with van der Waals surface area (Å²) in [7, 11) is 1.73. The molecule has 1 fully saturated rings. The van der Waals surface area contributed by atoms with Gasteiger partial charge in [-0.15, -0.1) is 24.8 Å². The highest BCUT2D eigenvalue weighted by Gasteiger charge is 2.32. The Morgan fingerprint density at radius 2 is 2.26 bits per heavy atom. The Balaban J connectivity index is 0.00000162. The molecule has 2 N–H and O–H groups in total. The van der Waals surface area contributed by atoms with Crippen molar-refractivity contribution in [3.05, 3.63) is 24.5 Å². The predicted molar refractivity (Wildman–Crippen MR) is 79.1 cm³/mol. The first kappa shape index (κ1) is 18.1. The fourth-order valence-corrected chi connectivity index (χ4v) is 1.96. The first-order chi connectivity index (χ1) is 8.22. The van der Waals surface area contributed by atoms with Gasteiger partial charge in [-0.1, -0.05) is 0 Å². The van der Waals surface area contributed by atoms with Gasteiger partial charge in [-0.2, -0.15) is 0 Å². The second-order valence-corrected chi connectivity index (χ2v) is 4.17. The summed E-state index contributed by atoms with van der Waals surface area (Å²) in [5, 5.41) is 0. The van der Waals surface area contributed by atoms with Crippen molar-refractivity contribution >= 4 is 36.4 Å². The van der Waals surface area contributed by atoms with Crippen molar-refractivity contribution in [2.45, 2.75) is 25.0 Å². The molecule has 1 aliphatic heterocycles. The molecule has 0 saturated carbocycles. The molecular formula is C12H19Cl2N3O2. The third-order valence-corrected chi connectivity index (χ3v) is 3.01. The van der Waals surface area contributed by atoms with Crippen molar-refractivity contribution in [3.8, 4) is 0 Å². The van der Waals surface area contributed by atoms with E-state index in [1.165, 1.54) is 0 Å². The average Bonchev–Trinajstić information content (AvgIpc) is 2.87. The van der Waals surface area contributed by atoms with Crippen LogP contribution in [0.25, 0.3) is 0 Å². The molecule has 108 valence electrons. The molecule has 2 heterocycles. The van der Waals surface area contributed by atoms with Crippen LogP contribution in [-0.4, -0.2) is 36.7 Å². The molecule has 5 nitrogen and oxygen atoms in total. The van der Waals surface area contributed by atoms with Crippen molar-refractivity contribution < 1.29 is 9.53 Å². The van der Waals surface area contributed by atoms with Crippen LogP contribution in [-0.2, 0) is 9.53 Å². The summed E-state index contributed by atoms with van der Waals surface area (Å²) in [4.78, 5) is 17.7. The smallest absolute Gasteiger partial charge is 0.255 e. The molecule has 2 atom stereocenters. The highest BCUT2D eigenvalue weighted by molar-refractivity contribution is 5.96. The predicted octanol–water partition coefficient (Wildman–Crippen LogP) is 1.39. The number of nitrogens with zero attached hydrogens (tertiary/aromatic N) is 2. The van der Waals surface area contributed by atoms with Crippen LogP contribution in [0, 0.1) is 0 Å². The van der Waals surface area contributed by atoms with Gasteiger partial charge in [-0.3, -0.25) is 9.78 Å². The molecular weight excluding hydrogens is 289 g/mol. The first-order valence-corrected chi connectivity index (χ1v) is 5.75. The number of halogens is 2. The Bertz CT molecular complexity index is 392. The number of anilines is 1. The lowest BCUT2D eigenvalue weighted by molar-refractivity contribution is -0.128. The summed E-state index contributed by atoms with van der Waals surface area (Å²) < 4.78 is 5.58. The van der Waals surface area contributed by atoms with Gasteiger partial charge in [0, 0.05) is 19.8 Å². The molecule has 1 aliphatic rings. The summed E-state index contributed by atoms with van der Waals surface area (Å²) in [6, 6.07) is 3.65. The lowest BCUT2D eigenvalue weighted by Gasteiger charge is -2.20. The van der Waals surface area contributed by atoms with Crippen molar-refractivity contribution in [1.29, 1.82) is 0 Å². The van der Waals surface area contributed by atoms with E-state index in [1.807, 2.05) is 6.07 Å². The third kappa shape index (κ3) is 4.31. The van der Waals surface area contributed by atoms with Gasteiger partial charge in [0.25, 0.3) is 5.91 Å². The Kier molecular flexibility index (Phi) is 7.94. The normalized spacial score (nSPS) is 21.2. The summed E-state index contributed by atoms with van der Waals surface area (Å²) >= 11 is 0. The van der Waals surface area contributed by atoms with Crippen molar-refractivity contribution in [2.24, 2.45) is 5.73 Å². The van der Waals surface area contributed by atoms with E-state index in [9.17, 15) is 4.79 Å². The molecule has 1 aromatic heterocycles. The number of rotatable bonds is 3. The Morgan fingerprint density at radius 1 is 1.53 bits per heavy atom. The largest absolute Gasteiger partial charge is 0.364 e. The van der Waals surface area contributed by atoms with Crippen molar-refractivity contribution in [2.75, 3.05) is 18.5 Å². The van der Waals surface area contributed by atoms with Gasteiger partial charge in [0.15, 0.2) is 0 Å². The number of carbonyl (C=O) groups excluding carboxylic acids is 1. The number of ether oxygens (including phenoxy) is 1. The Labute approximate surface area is 125 Å². The molecule has 1 saturated heterocycles. The van der Waals surface area contributed by atoms with Crippen LogP contribution in [0.2, 0.25) is 0 Å². The van der Waals surface area contributed by atoms with Crippen LogP contribution in [0.4, 0.5) is 5.69 Å². The number of likely N-dealkylation sites (N-methyl/N-ethyl adjacent to an activating group) is 1. The van der Waals surface area contributed by atoms with Crippen molar-refractivity contribution in [1.82, 2.24) is 4.98 Å². The topological polar surface area (TPSA) is 68.5 Å². The number of hydrogen-bond acceptors (Lipinski definition) is 4. The monoisotopic (exact) mass is 307 g/mol. The van der Waals surface area contributed by atoms with Crippen LogP contribution in [0.15, 0.2) is 24.5 Å². The number of nitrogens with two attached hydrogens (primary N) is 1. The van der Waals surface area contributed by atoms with Gasteiger partial charge < -0.3 is 15.4 Å². The molecule has 0 bridgehead atoms. The number of amides is 1. The fraction of sp³-hybridized carbons (Fsp3) is 0.500. The zero-order valence-electron chi connectivity index (χ0n) is 10.7. The number of pyridine rings is 1. The fourth-order valence-electron chi connectivity index (χ4n) is 1.96. The quantitative estimate of drug-likeness (QED) is 0.916. The summed E-state index contributed by atoms with van der Waals surface area (Å²) in [5.74, 6) is -0.0334. The maximum absolute atomic E-state index is 12.1. The van der Waals surface area contributed by atoms with Crippen LogP contribution in [0.1, 0.15) is 12.8 Å². The van der Waals surface area contributed by atoms with Gasteiger partial charge in [0.05, 0.1) is 18.0 Å². The molecule has 7 heteroatoms. The third-order valence-electron chi connectivity index (χ3n) is 3.01. The van der Waals surface area contributed by atoms with E-state index in [4.69, 9.17) is 10.5 Å². The molecule has 19 heavy (non-hydrogen) atoms. The van der Waals surface area contributed by atoms with Gasteiger partial charge in [-0.25, -0.2) is 0 Å². The number of carbonyl (C=O) groups is 1. The Morgan fingerprint density at radius 3 is 2.79 bits per heavy atom. The zero-order chi connectivity index (χ0) is 12.3. The minimum Gasteiger partial charge on any atom is -0.364 e. The minimum atomic E-state index is -0.367. The van der Waals surface area contributed by atoms with Gasteiger partial charge in [0.1, 0.15) is 6.10 Å². The van der Waals surface area contributed by atoms with Gasteiger partial charge in [0.2, 0.25) is 0 Å². The van der Waals surface area contributed by atoms with Crippen LogP contribution in [0.3, 0.4) is 0 Å². The molecule has 0 aliphatic carbocycles. The van der Waals surface area contributed by atoms with E-state index in [1.54, 1.807) is 30.4 Å². The second-order valence-electron chi connectivity index (χ2n) is 4.17. The second kappa shape index (κ2) is 8.32. The number of hydrogen-bond donors (Lipinski definition) is 1. The van der Waals surface area contributed by atoms with Gasteiger partial charge >= 0.3 is 0 Å². The van der Waals surface area contributed by atoms with E-state index in [2.05, 4.69) is 4.98 Å². The summed E-state index contributed by atoms with van der Waals surface area (Å²) in [5.41, 5.74) is 6.30. The number of aromatic nitrogens is 1. The maximum Gasteiger partial charge on any atom is 0.255 e. The lowest BCUT2D eigenvalue weighted by Crippen LogP contribution is -2.37. The summed E-state index contributed by atoms with van der Waals surface area (Å²) in [6.07, 6.45) is 4.59. The zero-order valence-corrected chi connectivity index (χ0v) is 12.3. The molecule has 0 unspecified atom stereocenters. The van der Waals surface area contributed by atoms with Crippen LogP contribution >= 0.6 is 24.8 Å². The molecule has 0 aromatic carbocycles. The van der Waals surface area contributed by atoms with Gasteiger partial charge in [-0.05, 0) is 25.0 Å². The lowest BCUT2D eigenvalue weighted by atomic mass is 10.2. The van der Waals surface area contributed by atoms with Crippen LogP contribution in [0.5, 0.6) is 0 Å². The highest BCUT2D eigenvalue weighted by Crippen LogP contribution is 2.22. The minimum absolute atomic E-state index is 0. The van der Waals surface area contributed by atoms with E-state index in [0.29, 0.717) is 6.54 Å². The maximum atomic E-state index is 12.1. The molecule has 0 spiro atoms. The molecule has 1 amide bonds. The van der Waals surface area contributed by atoms with E-state index >= 15 is 0 Å². The standard InChI is InChI=1S/C12H17N3O2.2ClH/c1-15(9-3-2-6-14-8-9)12(16)11-5-4-10(7-13)17-11;;/h2-3,6,8,10-11H,4-5,7,13H2,1H3;2*1H/t10-,11+;;/m1../s1. The van der Waals surface area contributed by atoms with E-state index < -0.39 is 0 Å². The van der Waals surface area contributed by atoms with Crippen molar-refractivity contribution in [3.63, 3.8) is 0 Å². The first-order valence-electron chi connectivity index (χ1n) is 5.75. The van der Waals surface area contributed by atoms with E-state index in [0.717, 1.165) is 18.5 Å². The van der Waals surface area contributed by atoms with Crippen LogP contribution < -0.4 is 10.6 Å². The molecule has 1 aromatic rings. The molecule has 0 radical (unpaired) electrons. The van der Waals surface area contributed by atoms with E-state index in [-0.39, 0.29) is 42.9 Å². The highest BCUT2D eigenvalue weighted by atomic mass is 35.5. The average molecular weight is 308 g/mol. The molecule has 2 rings (SSSR count). The SMILES string of the molecule is CN(C(=O)[C@@H]1CC[C@H](CN)O1)c1cccnc1.Cl.Cl.